The third-order valence-electron chi connectivity index (χ3n) is 2.87. The van der Waals surface area contributed by atoms with Crippen LogP contribution in [0.1, 0.15) is 13.8 Å². The molecule has 0 amide bonds. The van der Waals surface area contributed by atoms with E-state index in [2.05, 4.69) is 41.9 Å². The third-order valence-corrected chi connectivity index (χ3v) is 3.96. The van der Waals surface area contributed by atoms with Crippen LogP contribution in [0.2, 0.25) is 0 Å². The molecule has 0 unspecified atom stereocenters. The predicted molar refractivity (Wildman–Crippen MR) is 71.8 cm³/mol. The predicted octanol–water partition coefficient (Wildman–Crippen LogP) is 2.91. The quantitative estimate of drug-likeness (QED) is 0.835. The van der Waals surface area contributed by atoms with E-state index in [4.69, 9.17) is 4.74 Å². The summed E-state index contributed by atoms with van der Waals surface area (Å²) in [5.41, 5.74) is 1.10. The molecule has 2 heterocycles. The van der Waals surface area contributed by atoms with Crippen molar-refractivity contribution in [2.24, 2.45) is 0 Å². The fourth-order valence-electron chi connectivity index (χ4n) is 2.06. The summed E-state index contributed by atoms with van der Waals surface area (Å²) < 4.78 is 7.01. The zero-order valence-corrected chi connectivity index (χ0v) is 10.9. The minimum absolute atomic E-state index is 0.317. The van der Waals surface area contributed by atoms with Gasteiger partial charge in [0.1, 0.15) is 0 Å². The lowest BCUT2D eigenvalue weighted by molar-refractivity contribution is -0.00718. The van der Waals surface area contributed by atoms with Crippen molar-refractivity contribution in [3.05, 3.63) is 24.3 Å². The van der Waals surface area contributed by atoms with Crippen LogP contribution in [0.15, 0.2) is 24.3 Å². The van der Waals surface area contributed by atoms with E-state index in [1.165, 1.54) is 4.70 Å². The first-order chi connectivity index (χ1) is 8.22. The number of thiazole rings is 1. The molecule has 2 aromatic rings. The second kappa shape index (κ2) is 4.27. The van der Waals surface area contributed by atoms with Gasteiger partial charge in [-0.3, -0.25) is 0 Å². The van der Waals surface area contributed by atoms with Crippen LogP contribution in [0, 0.1) is 0 Å². The number of para-hydroxylation sites is 1. The summed E-state index contributed by atoms with van der Waals surface area (Å²) in [6, 6.07) is 8.29. The topological polar surface area (TPSA) is 25.4 Å². The first kappa shape index (κ1) is 11.0. The molecule has 0 aliphatic carbocycles. The Morgan fingerprint density at radius 2 is 2.12 bits per heavy atom. The largest absolute Gasteiger partial charge is 0.372 e. The minimum atomic E-state index is 0.317. The summed E-state index contributed by atoms with van der Waals surface area (Å²) >= 11 is 1.76. The summed E-state index contributed by atoms with van der Waals surface area (Å²) in [7, 11) is 0. The lowest BCUT2D eigenvalue weighted by atomic mass is 10.2. The van der Waals surface area contributed by atoms with Crippen molar-refractivity contribution in [2.45, 2.75) is 26.1 Å². The Morgan fingerprint density at radius 3 is 2.82 bits per heavy atom. The lowest BCUT2D eigenvalue weighted by Crippen LogP contribution is -2.53. The zero-order chi connectivity index (χ0) is 11.8. The molecule has 4 heteroatoms. The Balaban J connectivity index is 1.70. The van der Waals surface area contributed by atoms with E-state index < -0.39 is 0 Å². The van der Waals surface area contributed by atoms with E-state index in [-0.39, 0.29) is 0 Å². The van der Waals surface area contributed by atoms with Crippen molar-refractivity contribution in [3.8, 4) is 0 Å². The number of ether oxygens (including phenoxy) is 1. The highest BCUT2D eigenvalue weighted by Gasteiger charge is 2.30. The van der Waals surface area contributed by atoms with Gasteiger partial charge >= 0.3 is 0 Å². The second-order valence-electron chi connectivity index (χ2n) is 4.68. The van der Waals surface area contributed by atoms with E-state index >= 15 is 0 Å². The molecule has 1 fully saturated rings. The minimum Gasteiger partial charge on any atom is -0.372 e. The van der Waals surface area contributed by atoms with Gasteiger partial charge in [0, 0.05) is 13.1 Å². The average molecular weight is 248 g/mol. The first-order valence-electron chi connectivity index (χ1n) is 5.98. The Morgan fingerprint density at radius 1 is 1.35 bits per heavy atom. The van der Waals surface area contributed by atoms with Gasteiger partial charge in [0.05, 0.1) is 22.4 Å². The SMILES string of the molecule is CC(C)OC1CN(c2nc3ccccc3s2)C1. The molecule has 1 saturated heterocycles. The number of anilines is 1. The van der Waals surface area contributed by atoms with E-state index in [0.29, 0.717) is 12.2 Å². The van der Waals surface area contributed by atoms with Crippen molar-refractivity contribution in [2.75, 3.05) is 18.0 Å². The van der Waals surface area contributed by atoms with Crippen LogP contribution >= 0.6 is 11.3 Å². The second-order valence-corrected chi connectivity index (χ2v) is 5.69. The fourth-order valence-corrected chi connectivity index (χ4v) is 3.04. The van der Waals surface area contributed by atoms with Crippen LogP contribution in [0.5, 0.6) is 0 Å². The highest BCUT2D eigenvalue weighted by atomic mass is 32.1. The van der Waals surface area contributed by atoms with E-state index in [1.54, 1.807) is 11.3 Å². The number of nitrogens with zero attached hydrogens (tertiary/aromatic N) is 2. The Bertz CT molecular complexity index is 484. The van der Waals surface area contributed by atoms with Crippen LogP contribution in [-0.2, 0) is 4.74 Å². The van der Waals surface area contributed by atoms with Gasteiger partial charge in [-0.25, -0.2) is 4.98 Å². The van der Waals surface area contributed by atoms with Gasteiger partial charge in [-0.05, 0) is 26.0 Å². The molecule has 0 saturated carbocycles. The number of fused-ring (bicyclic) bond motifs is 1. The molecule has 0 atom stereocenters. The van der Waals surface area contributed by atoms with Crippen molar-refractivity contribution < 1.29 is 4.74 Å². The number of rotatable bonds is 3. The summed E-state index contributed by atoms with van der Waals surface area (Å²) in [6.07, 6.45) is 0.694. The molecule has 0 bridgehead atoms. The average Bonchev–Trinajstić information content (AvgIpc) is 2.65. The molecular weight excluding hydrogens is 232 g/mol. The van der Waals surface area contributed by atoms with Gasteiger partial charge in [0.2, 0.25) is 0 Å². The lowest BCUT2D eigenvalue weighted by Gasteiger charge is -2.39. The molecule has 1 aliphatic rings. The third kappa shape index (κ3) is 2.15. The van der Waals surface area contributed by atoms with Gasteiger partial charge in [0.15, 0.2) is 5.13 Å². The monoisotopic (exact) mass is 248 g/mol. The Labute approximate surface area is 105 Å². The smallest absolute Gasteiger partial charge is 0.186 e. The maximum atomic E-state index is 5.75. The van der Waals surface area contributed by atoms with E-state index in [1.807, 2.05) is 6.07 Å². The maximum Gasteiger partial charge on any atom is 0.186 e. The van der Waals surface area contributed by atoms with Gasteiger partial charge < -0.3 is 9.64 Å². The van der Waals surface area contributed by atoms with Gasteiger partial charge in [0.25, 0.3) is 0 Å². The van der Waals surface area contributed by atoms with Crippen LogP contribution in [0.25, 0.3) is 10.2 Å². The van der Waals surface area contributed by atoms with Crippen LogP contribution in [0.4, 0.5) is 5.13 Å². The molecule has 3 nitrogen and oxygen atoms in total. The molecule has 3 rings (SSSR count). The zero-order valence-electron chi connectivity index (χ0n) is 10.1. The Hall–Kier alpha value is -1.13. The summed E-state index contributed by atoms with van der Waals surface area (Å²) in [5, 5.41) is 1.12. The number of benzene rings is 1. The normalized spacial score (nSPS) is 16.8. The summed E-state index contributed by atoms with van der Waals surface area (Å²) in [6.45, 7) is 6.11. The van der Waals surface area contributed by atoms with Crippen molar-refractivity contribution >= 4 is 26.7 Å². The number of aromatic nitrogens is 1. The summed E-state index contributed by atoms with van der Waals surface area (Å²) in [4.78, 5) is 6.93. The molecule has 17 heavy (non-hydrogen) atoms. The molecule has 0 radical (unpaired) electrons. The Kier molecular flexibility index (Phi) is 2.76. The molecule has 0 N–H and O–H groups in total. The van der Waals surface area contributed by atoms with E-state index in [0.717, 1.165) is 23.7 Å². The molecule has 1 aromatic heterocycles. The van der Waals surface area contributed by atoms with E-state index in [9.17, 15) is 0 Å². The number of hydrogen-bond donors (Lipinski definition) is 0. The highest BCUT2D eigenvalue weighted by molar-refractivity contribution is 7.22. The molecule has 90 valence electrons. The standard InChI is InChI=1S/C13H16N2OS/c1-9(2)16-10-7-15(8-10)13-14-11-5-3-4-6-12(11)17-13/h3-6,9-10H,7-8H2,1-2H3. The highest BCUT2D eigenvalue weighted by Crippen LogP contribution is 2.31. The molecule has 1 aliphatic heterocycles. The molecule has 0 spiro atoms. The van der Waals surface area contributed by atoms with Gasteiger partial charge in [-0.1, -0.05) is 23.5 Å². The van der Waals surface area contributed by atoms with Crippen LogP contribution in [-0.4, -0.2) is 30.3 Å². The molecular formula is C13H16N2OS. The van der Waals surface area contributed by atoms with Crippen molar-refractivity contribution in [1.82, 2.24) is 4.98 Å². The fraction of sp³-hybridized carbons (Fsp3) is 0.462. The van der Waals surface area contributed by atoms with Crippen LogP contribution < -0.4 is 4.90 Å². The van der Waals surface area contributed by atoms with Crippen molar-refractivity contribution in [1.29, 1.82) is 0 Å². The summed E-state index contributed by atoms with van der Waals surface area (Å²) in [5.74, 6) is 0. The van der Waals surface area contributed by atoms with Crippen LogP contribution in [0.3, 0.4) is 0 Å². The molecule has 1 aromatic carbocycles. The maximum absolute atomic E-state index is 5.75. The van der Waals surface area contributed by atoms with Gasteiger partial charge in [-0.2, -0.15) is 0 Å². The number of hydrogen-bond acceptors (Lipinski definition) is 4. The van der Waals surface area contributed by atoms with Crippen molar-refractivity contribution in [3.63, 3.8) is 0 Å². The first-order valence-corrected chi connectivity index (χ1v) is 6.80. The van der Waals surface area contributed by atoms with Gasteiger partial charge in [-0.15, -0.1) is 0 Å².